The highest BCUT2D eigenvalue weighted by Gasteiger charge is 2.56. The number of carbonyl (C=O) groups is 1. The third kappa shape index (κ3) is 2.72. The Balaban J connectivity index is 1.38. The molecule has 124 valence electrons. The summed E-state index contributed by atoms with van der Waals surface area (Å²) in [5.74, 6) is -3.59. The Morgan fingerprint density at radius 2 is 2.21 bits per heavy atom. The Morgan fingerprint density at radius 1 is 1.42 bits per heavy atom. The van der Waals surface area contributed by atoms with Crippen molar-refractivity contribution in [2.45, 2.75) is 25.4 Å². The van der Waals surface area contributed by atoms with E-state index in [1.807, 2.05) is 18.2 Å². The third-order valence-electron chi connectivity index (χ3n) is 4.06. The SMILES string of the molecule is O=C(NCc1cn(CC2CC2(F)F)nn1)c1n[nH]c2ccccc12. The van der Waals surface area contributed by atoms with Gasteiger partial charge in [0.15, 0.2) is 5.69 Å². The Bertz CT molecular complexity index is 902. The molecular formula is C15H14F2N6O. The van der Waals surface area contributed by atoms with Gasteiger partial charge in [0, 0.05) is 17.7 Å². The van der Waals surface area contributed by atoms with Crippen LogP contribution in [0.3, 0.4) is 0 Å². The van der Waals surface area contributed by atoms with E-state index in [1.54, 1.807) is 12.3 Å². The number of para-hydroxylation sites is 1. The lowest BCUT2D eigenvalue weighted by molar-refractivity contribution is 0.0937. The van der Waals surface area contributed by atoms with Crippen molar-refractivity contribution < 1.29 is 13.6 Å². The van der Waals surface area contributed by atoms with Crippen molar-refractivity contribution in [3.05, 3.63) is 41.9 Å². The topological polar surface area (TPSA) is 88.5 Å². The van der Waals surface area contributed by atoms with Crippen molar-refractivity contribution in [2.75, 3.05) is 0 Å². The lowest BCUT2D eigenvalue weighted by Gasteiger charge is -2.00. The van der Waals surface area contributed by atoms with Gasteiger partial charge in [-0.05, 0) is 6.07 Å². The molecule has 1 amide bonds. The molecule has 1 aliphatic carbocycles. The van der Waals surface area contributed by atoms with E-state index in [9.17, 15) is 13.6 Å². The molecule has 24 heavy (non-hydrogen) atoms. The molecule has 0 spiro atoms. The summed E-state index contributed by atoms with van der Waals surface area (Å²) in [4.78, 5) is 12.2. The van der Waals surface area contributed by atoms with Gasteiger partial charge in [0.05, 0.1) is 24.8 Å². The molecule has 1 unspecified atom stereocenters. The molecule has 1 aliphatic rings. The van der Waals surface area contributed by atoms with Crippen LogP contribution in [-0.4, -0.2) is 37.0 Å². The van der Waals surface area contributed by atoms with Crippen molar-refractivity contribution in [3.8, 4) is 0 Å². The largest absolute Gasteiger partial charge is 0.345 e. The minimum Gasteiger partial charge on any atom is -0.345 e. The number of hydrogen-bond donors (Lipinski definition) is 2. The average Bonchev–Trinajstić information content (AvgIpc) is 2.97. The fourth-order valence-corrected chi connectivity index (χ4v) is 2.59. The number of rotatable bonds is 5. The summed E-state index contributed by atoms with van der Waals surface area (Å²) >= 11 is 0. The zero-order chi connectivity index (χ0) is 16.7. The Hall–Kier alpha value is -2.84. The molecule has 0 bridgehead atoms. The Labute approximate surface area is 135 Å². The van der Waals surface area contributed by atoms with Crippen molar-refractivity contribution in [1.82, 2.24) is 30.5 Å². The van der Waals surface area contributed by atoms with E-state index in [4.69, 9.17) is 0 Å². The fourth-order valence-electron chi connectivity index (χ4n) is 2.59. The quantitative estimate of drug-likeness (QED) is 0.745. The van der Waals surface area contributed by atoms with Crippen molar-refractivity contribution in [2.24, 2.45) is 5.92 Å². The van der Waals surface area contributed by atoms with Gasteiger partial charge in [0.25, 0.3) is 11.8 Å². The number of alkyl halides is 2. The van der Waals surface area contributed by atoms with Crippen molar-refractivity contribution in [1.29, 1.82) is 0 Å². The van der Waals surface area contributed by atoms with Crippen molar-refractivity contribution in [3.63, 3.8) is 0 Å². The van der Waals surface area contributed by atoms with E-state index in [0.29, 0.717) is 11.4 Å². The second kappa shape index (κ2) is 5.36. The van der Waals surface area contributed by atoms with Crippen LogP contribution in [-0.2, 0) is 13.1 Å². The van der Waals surface area contributed by atoms with Gasteiger partial charge < -0.3 is 5.32 Å². The van der Waals surface area contributed by atoms with E-state index in [-0.39, 0.29) is 25.4 Å². The van der Waals surface area contributed by atoms with Crippen LogP contribution in [0, 0.1) is 5.92 Å². The smallest absolute Gasteiger partial charge is 0.272 e. The molecular weight excluding hydrogens is 318 g/mol. The number of aromatic nitrogens is 5. The van der Waals surface area contributed by atoms with E-state index in [0.717, 1.165) is 10.9 Å². The number of hydrogen-bond acceptors (Lipinski definition) is 4. The highest BCUT2D eigenvalue weighted by atomic mass is 19.3. The minimum atomic E-state index is -2.58. The van der Waals surface area contributed by atoms with Crippen LogP contribution in [0.15, 0.2) is 30.5 Å². The number of benzene rings is 1. The predicted molar refractivity (Wildman–Crippen MR) is 80.3 cm³/mol. The highest BCUT2D eigenvalue weighted by molar-refractivity contribution is 6.04. The summed E-state index contributed by atoms with van der Waals surface area (Å²) in [5, 5.41) is 17.9. The summed E-state index contributed by atoms with van der Waals surface area (Å²) in [6.07, 6.45) is 1.46. The first-order valence-electron chi connectivity index (χ1n) is 7.51. The standard InChI is InChI=1S/C15H14F2N6O/c16-15(17)5-9(15)7-23-8-10(19-22-23)6-18-14(24)13-11-3-1-2-4-12(11)20-21-13/h1-4,8-9H,5-7H2,(H,18,24)(H,20,21). The maximum Gasteiger partial charge on any atom is 0.272 e. The summed E-state index contributed by atoms with van der Waals surface area (Å²) in [5.41, 5.74) is 1.58. The molecule has 2 N–H and O–H groups in total. The maximum absolute atomic E-state index is 12.9. The molecule has 0 radical (unpaired) electrons. The first-order chi connectivity index (χ1) is 11.5. The molecule has 1 aromatic carbocycles. The number of halogens is 2. The molecule has 1 saturated carbocycles. The number of H-pyrrole nitrogens is 1. The normalized spacial score (nSPS) is 18.7. The summed E-state index contributed by atoms with van der Waals surface area (Å²) < 4.78 is 27.2. The molecule has 1 atom stereocenters. The molecule has 1 fully saturated rings. The van der Waals surface area contributed by atoms with Gasteiger partial charge in [-0.25, -0.2) is 8.78 Å². The van der Waals surface area contributed by atoms with Gasteiger partial charge in [-0.1, -0.05) is 23.4 Å². The molecule has 4 rings (SSSR count). The molecule has 0 saturated heterocycles. The van der Waals surface area contributed by atoms with E-state index < -0.39 is 11.8 Å². The van der Waals surface area contributed by atoms with Gasteiger partial charge in [-0.15, -0.1) is 5.10 Å². The van der Waals surface area contributed by atoms with E-state index in [2.05, 4.69) is 25.8 Å². The third-order valence-corrected chi connectivity index (χ3v) is 4.06. The van der Waals surface area contributed by atoms with E-state index in [1.165, 1.54) is 4.68 Å². The number of carbonyl (C=O) groups excluding carboxylic acids is 1. The highest BCUT2D eigenvalue weighted by Crippen LogP contribution is 2.49. The second-order valence-corrected chi connectivity index (χ2v) is 5.89. The molecule has 3 aromatic rings. The lowest BCUT2D eigenvalue weighted by atomic mass is 10.2. The van der Waals surface area contributed by atoms with Crippen LogP contribution in [0.2, 0.25) is 0 Å². The van der Waals surface area contributed by atoms with Crippen LogP contribution >= 0.6 is 0 Å². The molecule has 0 aliphatic heterocycles. The first kappa shape index (κ1) is 14.7. The first-order valence-corrected chi connectivity index (χ1v) is 7.51. The monoisotopic (exact) mass is 332 g/mol. The second-order valence-electron chi connectivity index (χ2n) is 5.89. The molecule has 7 nitrogen and oxygen atoms in total. The number of aromatic amines is 1. The van der Waals surface area contributed by atoms with Crippen LogP contribution in [0.4, 0.5) is 8.78 Å². The fraction of sp³-hybridized carbons (Fsp3) is 0.333. The minimum absolute atomic E-state index is 0.106. The molecule has 9 heteroatoms. The predicted octanol–water partition coefficient (Wildman–Crippen LogP) is 1.74. The van der Waals surface area contributed by atoms with Gasteiger partial charge in [0.1, 0.15) is 5.69 Å². The van der Waals surface area contributed by atoms with Crippen molar-refractivity contribution >= 4 is 16.8 Å². The Kier molecular flexibility index (Phi) is 3.29. The van der Waals surface area contributed by atoms with Gasteiger partial charge >= 0.3 is 0 Å². The Morgan fingerprint density at radius 3 is 3.00 bits per heavy atom. The summed E-state index contributed by atoms with van der Waals surface area (Å²) in [6.45, 7) is 0.291. The van der Waals surface area contributed by atoms with Gasteiger partial charge in [-0.2, -0.15) is 5.10 Å². The van der Waals surface area contributed by atoms with Crippen LogP contribution in [0.1, 0.15) is 22.6 Å². The number of amides is 1. The summed E-state index contributed by atoms with van der Waals surface area (Å²) in [7, 11) is 0. The lowest BCUT2D eigenvalue weighted by Crippen LogP contribution is -2.23. The number of nitrogens with zero attached hydrogens (tertiary/aromatic N) is 4. The molecule has 2 heterocycles. The zero-order valence-electron chi connectivity index (χ0n) is 12.5. The average molecular weight is 332 g/mol. The zero-order valence-corrected chi connectivity index (χ0v) is 12.5. The van der Waals surface area contributed by atoms with Crippen LogP contribution in [0.5, 0.6) is 0 Å². The maximum atomic E-state index is 12.9. The molecule has 2 aromatic heterocycles. The van der Waals surface area contributed by atoms with Crippen LogP contribution < -0.4 is 5.32 Å². The van der Waals surface area contributed by atoms with Gasteiger partial charge in [0.2, 0.25) is 0 Å². The van der Waals surface area contributed by atoms with E-state index >= 15 is 0 Å². The van der Waals surface area contributed by atoms with Gasteiger partial charge in [-0.3, -0.25) is 14.6 Å². The summed E-state index contributed by atoms with van der Waals surface area (Å²) in [6, 6.07) is 7.32. The number of fused-ring (bicyclic) bond motifs is 1. The van der Waals surface area contributed by atoms with Crippen LogP contribution in [0.25, 0.3) is 10.9 Å². The number of nitrogens with one attached hydrogen (secondary N) is 2.